The van der Waals surface area contributed by atoms with E-state index in [2.05, 4.69) is 40.9 Å². The number of aromatic nitrogens is 3. The summed E-state index contributed by atoms with van der Waals surface area (Å²) in [5.74, 6) is 2.02. The Hall–Kier alpha value is -1.37. The molecule has 0 radical (unpaired) electrons. The van der Waals surface area contributed by atoms with Crippen LogP contribution in [0.15, 0.2) is 28.7 Å². The van der Waals surface area contributed by atoms with E-state index >= 15 is 0 Å². The number of rotatable bonds is 5. The Balaban J connectivity index is 1.63. The highest BCUT2D eigenvalue weighted by Gasteiger charge is 2.25. The van der Waals surface area contributed by atoms with Crippen molar-refractivity contribution in [1.29, 1.82) is 0 Å². The summed E-state index contributed by atoms with van der Waals surface area (Å²) in [6.07, 6.45) is 3.52. The largest absolute Gasteiger partial charge is 0.299 e. The molecule has 2 aromatic heterocycles. The Bertz CT molecular complexity index is 996. The normalized spacial score (nSPS) is 16.6. The first-order valence-corrected chi connectivity index (χ1v) is 11.8. The third-order valence-electron chi connectivity index (χ3n) is 5.20. The lowest BCUT2D eigenvalue weighted by atomic mass is 9.88. The number of thioether (sulfide) groups is 1. The maximum absolute atomic E-state index is 13.3. The van der Waals surface area contributed by atoms with Gasteiger partial charge in [-0.25, -0.2) is 4.39 Å². The molecular formula is C21H23ClFN3S2. The minimum atomic E-state index is -0.317. The first-order chi connectivity index (χ1) is 13.4. The van der Waals surface area contributed by atoms with Gasteiger partial charge in [-0.15, -0.1) is 21.5 Å². The lowest BCUT2D eigenvalue weighted by Gasteiger charge is -2.19. The summed E-state index contributed by atoms with van der Waals surface area (Å²) in [6.45, 7) is 6.64. The fourth-order valence-electron chi connectivity index (χ4n) is 3.67. The van der Waals surface area contributed by atoms with Gasteiger partial charge in [-0.05, 0) is 62.3 Å². The Labute approximate surface area is 178 Å². The third kappa shape index (κ3) is 3.87. The molecule has 2 heterocycles. The first kappa shape index (κ1) is 19.9. The fourth-order valence-corrected chi connectivity index (χ4v) is 6.30. The summed E-state index contributed by atoms with van der Waals surface area (Å²) in [7, 11) is 0. The highest BCUT2D eigenvalue weighted by atomic mass is 35.5. The Morgan fingerprint density at radius 1 is 1.36 bits per heavy atom. The maximum atomic E-state index is 13.3. The summed E-state index contributed by atoms with van der Waals surface area (Å²) in [6, 6.07) is 4.78. The van der Waals surface area contributed by atoms with Crippen LogP contribution in [0.1, 0.15) is 49.2 Å². The standard InChI is InChI=1S/C21H23ClFN3S2/c1-12(2)26-20(17-11-27-19-8-13(3)4-7-16(17)19)24-25-21(26)28-10-14-5-6-15(23)9-18(14)22/h5-6,9,11-13H,4,7-8,10H2,1-3H3/t13-/m1/s1. The zero-order valence-electron chi connectivity index (χ0n) is 16.2. The number of nitrogens with zero attached hydrogens (tertiary/aromatic N) is 3. The van der Waals surface area contributed by atoms with Crippen molar-refractivity contribution in [2.75, 3.05) is 0 Å². The first-order valence-electron chi connectivity index (χ1n) is 9.55. The molecule has 0 aliphatic heterocycles. The third-order valence-corrected chi connectivity index (χ3v) is 7.59. The van der Waals surface area contributed by atoms with E-state index in [9.17, 15) is 4.39 Å². The van der Waals surface area contributed by atoms with Crippen LogP contribution in [0.4, 0.5) is 4.39 Å². The molecule has 1 aromatic carbocycles. The van der Waals surface area contributed by atoms with Crippen LogP contribution in [-0.2, 0) is 18.6 Å². The van der Waals surface area contributed by atoms with Gasteiger partial charge in [-0.1, -0.05) is 36.4 Å². The van der Waals surface area contributed by atoms with Gasteiger partial charge in [0.1, 0.15) is 5.82 Å². The number of hydrogen-bond donors (Lipinski definition) is 0. The number of thiophene rings is 1. The van der Waals surface area contributed by atoms with Crippen molar-refractivity contribution in [2.24, 2.45) is 5.92 Å². The van der Waals surface area contributed by atoms with Crippen LogP contribution in [-0.4, -0.2) is 14.8 Å². The van der Waals surface area contributed by atoms with Gasteiger partial charge in [-0.3, -0.25) is 4.57 Å². The van der Waals surface area contributed by atoms with Crippen molar-refractivity contribution in [1.82, 2.24) is 14.8 Å². The van der Waals surface area contributed by atoms with E-state index in [-0.39, 0.29) is 11.9 Å². The van der Waals surface area contributed by atoms with Crippen LogP contribution in [0, 0.1) is 11.7 Å². The summed E-state index contributed by atoms with van der Waals surface area (Å²) in [5, 5.41) is 12.6. The van der Waals surface area contributed by atoms with Gasteiger partial charge in [0.2, 0.25) is 0 Å². The van der Waals surface area contributed by atoms with E-state index in [1.807, 2.05) is 11.3 Å². The predicted molar refractivity (Wildman–Crippen MR) is 116 cm³/mol. The SMILES string of the molecule is CC(C)n1c(SCc2ccc(F)cc2Cl)nnc1-c1csc2c1CC[C@@H](C)C2. The van der Waals surface area contributed by atoms with Crippen molar-refractivity contribution in [3.8, 4) is 11.4 Å². The van der Waals surface area contributed by atoms with Crippen LogP contribution in [0.5, 0.6) is 0 Å². The van der Waals surface area contributed by atoms with Crippen molar-refractivity contribution < 1.29 is 4.39 Å². The van der Waals surface area contributed by atoms with Crippen molar-refractivity contribution in [3.05, 3.63) is 50.4 Å². The second-order valence-electron chi connectivity index (χ2n) is 7.69. The molecule has 7 heteroatoms. The predicted octanol–water partition coefficient (Wildman–Crippen LogP) is 6.80. The van der Waals surface area contributed by atoms with Crippen LogP contribution in [0.3, 0.4) is 0 Å². The average Bonchev–Trinajstić information content (AvgIpc) is 3.24. The molecule has 0 spiro atoms. The molecule has 3 aromatic rings. The van der Waals surface area contributed by atoms with E-state index in [4.69, 9.17) is 11.6 Å². The van der Waals surface area contributed by atoms with Crippen LogP contribution < -0.4 is 0 Å². The van der Waals surface area contributed by atoms with E-state index in [0.29, 0.717) is 10.8 Å². The molecule has 3 nitrogen and oxygen atoms in total. The smallest absolute Gasteiger partial charge is 0.192 e. The van der Waals surface area contributed by atoms with Crippen molar-refractivity contribution >= 4 is 34.7 Å². The van der Waals surface area contributed by atoms with E-state index in [1.165, 1.54) is 41.0 Å². The number of fused-ring (bicyclic) bond motifs is 1. The van der Waals surface area contributed by atoms with Gasteiger partial charge in [0.25, 0.3) is 0 Å². The van der Waals surface area contributed by atoms with Crippen LogP contribution in [0.2, 0.25) is 5.02 Å². The molecule has 0 fully saturated rings. The number of hydrogen-bond acceptors (Lipinski definition) is 4. The van der Waals surface area contributed by atoms with Crippen molar-refractivity contribution in [2.45, 2.75) is 57.0 Å². The minimum absolute atomic E-state index is 0.245. The molecule has 148 valence electrons. The molecule has 0 saturated heterocycles. The summed E-state index contributed by atoms with van der Waals surface area (Å²) in [4.78, 5) is 1.50. The second kappa shape index (κ2) is 8.17. The van der Waals surface area contributed by atoms with Gasteiger partial charge >= 0.3 is 0 Å². The van der Waals surface area contributed by atoms with E-state index < -0.39 is 0 Å². The highest BCUT2D eigenvalue weighted by molar-refractivity contribution is 7.98. The molecule has 0 N–H and O–H groups in total. The van der Waals surface area contributed by atoms with Crippen LogP contribution >= 0.6 is 34.7 Å². The highest BCUT2D eigenvalue weighted by Crippen LogP contribution is 2.39. The summed E-state index contributed by atoms with van der Waals surface area (Å²) in [5.41, 5.74) is 3.59. The molecule has 0 bridgehead atoms. The van der Waals surface area contributed by atoms with Gasteiger partial charge in [0.15, 0.2) is 11.0 Å². The number of halogens is 2. The molecule has 1 aliphatic carbocycles. The van der Waals surface area contributed by atoms with E-state index in [0.717, 1.165) is 28.9 Å². The topological polar surface area (TPSA) is 30.7 Å². The lowest BCUT2D eigenvalue weighted by Crippen LogP contribution is -2.10. The zero-order chi connectivity index (χ0) is 19.8. The second-order valence-corrected chi connectivity index (χ2v) is 10.0. The summed E-state index contributed by atoms with van der Waals surface area (Å²) >= 11 is 9.62. The molecular weight excluding hydrogens is 413 g/mol. The molecule has 4 rings (SSSR count). The Morgan fingerprint density at radius 2 is 2.18 bits per heavy atom. The average molecular weight is 436 g/mol. The molecule has 1 atom stereocenters. The zero-order valence-corrected chi connectivity index (χ0v) is 18.6. The van der Waals surface area contributed by atoms with Gasteiger partial charge in [-0.2, -0.15) is 0 Å². The molecule has 1 aliphatic rings. The maximum Gasteiger partial charge on any atom is 0.192 e. The van der Waals surface area contributed by atoms with Gasteiger partial charge in [0.05, 0.1) is 0 Å². The van der Waals surface area contributed by atoms with Crippen LogP contribution in [0.25, 0.3) is 11.4 Å². The van der Waals surface area contributed by atoms with Gasteiger partial charge < -0.3 is 0 Å². The number of benzene rings is 1. The summed E-state index contributed by atoms with van der Waals surface area (Å²) < 4.78 is 15.5. The molecule has 28 heavy (non-hydrogen) atoms. The monoisotopic (exact) mass is 435 g/mol. The molecule has 0 saturated carbocycles. The lowest BCUT2D eigenvalue weighted by molar-refractivity contribution is 0.507. The van der Waals surface area contributed by atoms with Crippen molar-refractivity contribution in [3.63, 3.8) is 0 Å². The minimum Gasteiger partial charge on any atom is -0.299 e. The molecule has 0 amide bonds. The Kier molecular flexibility index (Phi) is 5.81. The van der Waals surface area contributed by atoms with E-state index in [1.54, 1.807) is 17.8 Å². The van der Waals surface area contributed by atoms with Gasteiger partial charge in [0, 0.05) is 32.6 Å². The fraction of sp³-hybridized carbons (Fsp3) is 0.429. The molecule has 0 unspecified atom stereocenters. The quantitative estimate of drug-likeness (QED) is 0.413. The Morgan fingerprint density at radius 3 is 2.93 bits per heavy atom.